The molecule has 1 amide bonds. The van der Waals surface area contributed by atoms with E-state index in [0.29, 0.717) is 12.3 Å². The topological polar surface area (TPSA) is 81.7 Å². The van der Waals surface area contributed by atoms with Crippen molar-refractivity contribution in [1.29, 1.82) is 0 Å². The molecule has 1 saturated heterocycles. The molecule has 0 bridgehead atoms. The molecule has 2 fully saturated rings. The lowest BCUT2D eigenvalue weighted by Gasteiger charge is -2.48. The molecule has 2 aliphatic rings. The van der Waals surface area contributed by atoms with Gasteiger partial charge in [0.15, 0.2) is 0 Å². The van der Waals surface area contributed by atoms with Crippen LogP contribution in [0.4, 0.5) is 5.82 Å². The molecule has 1 aromatic heterocycles. The highest BCUT2D eigenvalue weighted by molar-refractivity contribution is 5.84. The first-order valence-electron chi connectivity index (χ1n) is 11.0. The van der Waals surface area contributed by atoms with Gasteiger partial charge in [-0.15, -0.1) is 0 Å². The molecule has 7 heteroatoms. The maximum absolute atomic E-state index is 13.1. The first-order valence-corrected chi connectivity index (χ1v) is 11.0. The highest BCUT2D eigenvalue weighted by Crippen LogP contribution is 2.43. The molecule has 0 radical (unpaired) electrons. The number of aromatic nitrogens is 1. The normalized spacial score (nSPS) is 30.5. The SMILES string of the molecule is CNc1nc2ccc(OC)cc2cc1CC1C(=O)NC(C)C2CC(OC)C(OC)CC12. The number of ether oxygens (including phenoxy) is 3. The summed E-state index contributed by atoms with van der Waals surface area (Å²) in [6.45, 7) is 2.11. The molecule has 31 heavy (non-hydrogen) atoms. The maximum atomic E-state index is 13.1. The van der Waals surface area contributed by atoms with Gasteiger partial charge in [0.05, 0.1) is 24.8 Å². The molecule has 1 aliphatic carbocycles. The van der Waals surface area contributed by atoms with Crippen LogP contribution in [0.1, 0.15) is 25.3 Å². The van der Waals surface area contributed by atoms with Crippen molar-refractivity contribution in [3.63, 3.8) is 0 Å². The van der Waals surface area contributed by atoms with E-state index in [-0.39, 0.29) is 36.0 Å². The molecule has 7 nitrogen and oxygen atoms in total. The zero-order valence-electron chi connectivity index (χ0n) is 19.0. The quantitative estimate of drug-likeness (QED) is 0.738. The van der Waals surface area contributed by atoms with E-state index < -0.39 is 0 Å². The van der Waals surface area contributed by atoms with Crippen LogP contribution in [0.15, 0.2) is 24.3 Å². The van der Waals surface area contributed by atoms with Gasteiger partial charge in [0, 0.05) is 38.6 Å². The lowest BCUT2D eigenvalue weighted by molar-refractivity contribution is -0.143. The highest BCUT2D eigenvalue weighted by atomic mass is 16.5. The van der Waals surface area contributed by atoms with Crippen LogP contribution in [0.3, 0.4) is 0 Å². The summed E-state index contributed by atoms with van der Waals surface area (Å²) in [5.41, 5.74) is 1.94. The Balaban J connectivity index is 1.68. The van der Waals surface area contributed by atoms with Crippen molar-refractivity contribution in [2.75, 3.05) is 33.7 Å². The second kappa shape index (κ2) is 9.01. The van der Waals surface area contributed by atoms with Gasteiger partial charge in [0.2, 0.25) is 5.91 Å². The van der Waals surface area contributed by atoms with Crippen LogP contribution in [-0.2, 0) is 20.7 Å². The van der Waals surface area contributed by atoms with E-state index in [9.17, 15) is 4.79 Å². The van der Waals surface area contributed by atoms with E-state index in [2.05, 4.69) is 23.6 Å². The minimum absolute atomic E-state index is 0.00890. The van der Waals surface area contributed by atoms with Crippen LogP contribution in [0.2, 0.25) is 0 Å². The molecule has 168 valence electrons. The fraction of sp³-hybridized carbons (Fsp3) is 0.583. The number of fused-ring (bicyclic) bond motifs is 2. The summed E-state index contributed by atoms with van der Waals surface area (Å²) in [5, 5.41) is 7.45. The summed E-state index contributed by atoms with van der Waals surface area (Å²) in [6, 6.07) is 8.12. The van der Waals surface area contributed by atoms with E-state index >= 15 is 0 Å². The van der Waals surface area contributed by atoms with Crippen LogP contribution in [0.25, 0.3) is 10.9 Å². The maximum Gasteiger partial charge on any atom is 0.223 e. The molecular weight excluding hydrogens is 394 g/mol. The van der Waals surface area contributed by atoms with Gasteiger partial charge in [-0.05, 0) is 67.9 Å². The molecular formula is C24H33N3O4. The van der Waals surface area contributed by atoms with Gasteiger partial charge >= 0.3 is 0 Å². The number of piperidine rings is 1. The van der Waals surface area contributed by atoms with E-state index in [4.69, 9.17) is 19.2 Å². The standard InChI is InChI=1S/C24H33N3O4/c1-13-17-11-21(30-4)22(31-5)12-18(17)19(24(28)26-13)10-15-8-14-9-16(29-3)6-7-20(14)27-23(15)25-2/h6-9,13,17-19,21-22H,10-12H2,1-5H3,(H,25,27)(H,26,28). The Morgan fingerprint density at radius 1 is 1.10 bits per heavy atom. The first-order chi connectivity index (χ1) is 15.0. The molecule has 2 heterocycles. The predicted molar refractivity (Wildman–Crippen MR) is 120 cm³/mol. The van der Waals surface area contributed by atoms with Crippen molar-refractivity contribution in [2.45, 2.75) is 44.4 Å². The number of rotatable bonds is 6. The van der Waals surface area contributed by atoms with Gasteiger partial charge in [0.25, 0.3) is 0 Å². The Bertz CT molecular complexity index is 950. The minimum Gasteiger partial charge on any atom is -0.497 e. The Hall–Kier alpha value is -2.38. The number of anilines is 1. The summed E-state index contributed by atoms with van der Waals surface area (Å²) >= 11 is 0. The van der Waals surface area contributed by atoms with E-state index in [1.165, 1.54) is 0 Å². The number of hydrogen-bond acceptors (Lipinski definition) is 6. The molecule has 6 atom stereocenters. The largest absolute Gasteiger partial charge is 0.497 e. The number of nitrogens with zero attached hydrogens (tertiary/aromatic N) is 1. The molecule has 1 aliphatic heterocycles. The smallest absolute Gasteiger partial charge is 0.223 e. The second-order valence-electron chi connectivity index (χ2n) is 8.76. The van der Waals surface area contributed by atoms with Crippen molar-refractivity contribution in [1.82, 2.24) is 10.3 Å². The van der Waals surface area contributed by atoms with Crippen LogP contribution >= 0.6 is 0 Å². The fourth-order valence-corrected chi connectivity index (χ4v) is 5.53. The van der Waals surface area contributed by atoms with Crippen molar-refractivity contribution in [3.05, 3.63) is 29.8 Å². The average Bonchev–Trinajstić information content (AvgIpc) is 2.79. The Morgan fingerprint density at radius 3 is 2.45 bits per heavy atom. The lowest BCUT2D eigenvalue weighted by atomic mass is 9.64. The lowest BCUT2D eigenvalue weighted by Crippen LogP contribution is -2.58. The highest BCUT2D eigenvalue weighted by Gasteiger charge is 2.48. The van der Waals surface area contributed by atoms with Crippen LogP contribution < -0.4 is 15.4 Å². The third-order valence-electron chi connectivity index (χ3n) is 7.22. The number of pyridine rings is 1. The van der Waals surface area contributed by atoms with E-state index in [0.717, 1.165) is 40.9 Å². The van der Waals surface area contributed by atoms with Gasteiger partial charge in [-0.3, -0.25) is 4.79 Å². The average molecular weight is 428 g/mol. The minimum atomic E-state index is -0.131. The van der Waals surface area contributed by atoms with Crippen LogP contribution in [0.5, 0.6) is 5.75 Å². The molecule has 2 N–H and O–H groups in total. The number of nitrogens with one attached hydrogen (secondary N) is 2. The van der Waals surface area contributed by atoms with Crippen LogP contribution in [-0.4, -0.2) is 57.5 Å². The summed E-state index contributed by atoms with van der Waals surface area (Å²) < 4.78 is 16.8. The summed E-state index contributed by atoms with van der Waals surface area (Å²) in [7, 11) is 7.01. The zero-order chi connectivity index (χ0) is 22.1. The van der Waals surface area contributed by atoms with Gasteiger partial charge in [-0.1, -0.05) is 0 Å². The molecule has 1 aromatic carbocycles. The van der Waals surface area contributed by atoms with E-state index in [1.807, 2.05) is 25.2 Å². The number of amides is 1. The second-order valence-corrected chi connectivity index (χ2v) is 8.76. The van der Waals surface area contributed by atoms with Gasteiger partial charge in [0.1, 0.15) is 11.6 Å². The summed E-state index contributed by atoms with van der Waals surface area (Å²) in [4.78, 5) is 17.9. The Labute approximate surface area is 183 Å². The Kier molecular flexibility index (Phi) is 6.34. The molecule has 0 spiro atoms. The van der Waals surface area contributed by atoms with Crippen molar-refractivity contribution in [2.24, 2.45) is 17.8 Å². The monoisotopic (exact) mass is 427 g/mol. The number of hydrogen-bond donors (Lipinski definition) is 2. The first kappa shape index (κ1) is 21.8. The third kappa shape index (κ3) is 4.08. The molecule has 2 aromatic rings. The van der Waals surface area contributed by atoms with Crippen molar-refractivity contribution < 1.29 is 19.0 Å². The summed E-state index contributed by atoms with van der Waals surface area (Å²) in [6.07, 6.45) is 2.42. The van der Waals surface area contributed by atoms with Crippen molar-refractivity contribution in [3.8, 4) is 5.75 Å². The van der Waals surface area contributed by atoms with Crippen molar-refractivity contribution >= 4 is 22.6 Å². The van der Waals surface area contributed by atoms with Crippen LogP contribution in [0, 0.1) is 17.8 Å². The molecule has 6 unspecified atom stereocenters. The molecule has 1 saturated carbocycles. The predicted octanol–water partition coefficient (Wildman–Crippen LogP) is 3.02. The fourth-order valence-electron chi connectivity index (χ4n) is 5.53. The molecule has 4 rings (SSSR count). The zero-order valence-corrected chi connectivity index (χ0v) is 19.0. The number of carbonyl (C=O) groups excluding carboxylic acids is 1. The van der Waals surface area contributed by atoms with E-state index in [1.54, 1.807) is 21.3 Å². The summed E-state index contributed by atoms with van der Waals surface area (Å²) in [5.74, 6) is 2.20. The third-order valence-corrected chi connectivity index (χ3v) is 7.22. The number of benzene rings is 1. The van der Waals surface area contributed by atoms with Gasteiger partial charge < -0.3 is 24.8 Å². The number of methoxy groups -OCH3 is 3. The van der Waals surface area contributed by atoms with Gasteiger partial charge in [-0.2, -0.15) is 0 Å². The Morgan fingerprint density at radius 2 is 1.81 bits per heavy atom. The van der Waals surface area contributed by atoms with Gasteiger partial charge in [-0.25, -0.2) is 4.98 Å². The number of carbonyl (C=O) groups is 1.